The summed E-state index contributed by atoms with van der Waals surface area (Å²) in [6.07, 6.45) is 1.28. The van der Waals surface area contributed by atoms with Gasteiger partial charge in [0, 0.05) is 49.4 Å². The highest BCUT2D eigenvalue weighted by molar-refractivity contribution is 5.51. The second-order valence-corrected chi connectivity index (χ2v) is 9.02. The van der Waals surface area contributed by atoms with Gasteiger partial charge in [0.15, 0.2) is 0 Å². The lowest BCUT2D eigenvalue weighted by molar-refractivity contribution is 0.197. The molecule has 2 fully saturated rings. The van der Waals surface area contributed by atoms with Gasteiger partial charge in [-0.15, -0.1) is 0 Å². The number of fused-ring (bicyclic) bond motifs is 2. The molecule has 4 nitrogen and oxygen atoms in total. The fourth-order valence-corrected chi connectivity index (χ4v) is 5.80. The third kappa shape index (κ3) is 4.01. The van der Waals surface area contributed by atoms with Crippen LogP contribution in [0, 0.1) is 5.92 Å². The second-order valence-electron chi connectivity index (χ2n) is 9.02. The van der Waals surface area contributed by atoms with Crippen molar-refractivity contribution >= 4 is 5.69 Å². The molecule has 0 aliphatic carbocycles. The fraction of sp³-hybridized carbons (Fsp3) is 0.357. The largest absolute Gasteiger partial charge is 0.496 e. The summed E-state index contributed by atoms with van der Waals surface area (Å²) in [7, 11) is 3.72. The van der Waals surface area contributed by atoms with Gasteiger partial charge in [-0.25, -0.2) is 0 Å². The lowest BCUT2D eigenvalue weighted by atomic mass is 9.78. The van der Waals surface area contributed by atoms with Crippen LogP contribution in [0.5, 0.6) is 5.75 Å². The van der Waals surface area contributed by atoms with E-state index in [4.69, 9.17) is 4.74 Å². The molecule has 32 heavy (non-hydrogen) atoms. The summed E-state index contributed by atoms with van der Waals surface area (Å²) in [5, 5.41) is 7.23. The molecule has 0 radical (unpaired) electrons. The predicted molar refractivity (Wildman–Crippen MR) is 131 cm³/mol. The molecule has 0 amide bonds. The molecule has 2 heterocycles. The normalized spacial score (nSPS) is 24.1. The Bertz CT molecular complexity index is 984. The number of methoxy groups -OCH3 is 1. The van der Waals surface area contributed by atoms with Crippen LogP contribution in [0.25, 0.3) is 0 Å². The Morgan fingerprint density at radius 2 is 1.66 bits per heavy atom. The molecule has 5 rings (SSSR count). The van der Waals surface area contributed by atoms with Gasteiger partial charge in [0.25, 0.3) is 0 Å². The molecule has 4 unspecified atom stereocenters. The van der Waals surface area contributed by atoms with Crippen LogP contribution in [0.2, 0.25) is 0 Å². The topological polar surface area (TPSA) is 36.5 Å². The summed E-state index contributed by atoms with van der Waals surface area (Å²) < 4.78 is 5.66. The van der Waals surface area contributed by atoms with Crippen molar-refractivity contribution < 1.29 is 4.74 Å². The number of hydrogen-bond donors (Lipinski definition) is 2. The molecule has 0 saturated carbocycles. The summed E-state index contributed by atoms with van der Waals surface area (Å²) in [4.78, 5) is 2.72. The summed E-state index contributed by atoms with van der Waals surface area (Å²) in [6.45, 7) is 3.19. The molecule has 2 saturated heterocycles. The maximum Gasteiger partial charge on any atom is 0.123 e. The zero-order chi connectivity index (χ0) is 21.9. The van der Waals surface area contributed by atoms with Gasteiger partial charge < -0.3 is 15.4 Å². The Morgan fingerprint density at radius 3 is 2.28 bits per heavy atom. The highest BCUT2D eigenvalue weighted by Gasteiger charge is 2.49. The van der Waals surface area contributed by atoms with E-state index in [1.54, 1.807) is 7.11 Å². The van der Waals surface area contributed by atoms with E-state index in [9.17, 15) is 0 Å². The highest BCUT2D eigenvalue weighted by atomic mass is 16.5. The Labute approximate surface area is 191 Å². The van der Waals surface area contributed by atoms with Gasteiger partial charge in [0.05, 0.1) is 7.11 Å². The first-order valence-electron chi connectivity index (χ1n) is 11.7. The van der Waals surface area contributed by atoms with Crippen LogP contribution in [-0.4, -0.2) is 44.2 Å². The number of anilines is 1. The molecule has 0 spiro atoms. The van der Waals surface area contributed by atoms with Crippen molar-refractivity contribution in [1.82, 2.24) is 10.2 Å². The van der Waals surface area contributed by atoms with Crippen LogP contribution in [-0.2, 0) is 6.54 Å². The highest BCUT2D eigenvalue weighted by Crippen LogP contribution is 2.43. The Balaban J connectivity index is 1.46. The summed E-state index contributed by atoms with van der Waals surface area (Å²) in [5.74, 6) is 1.98. The van der Waals surface area contributed by atoms with E-state index in [2.05, 4.69) is 94.4 Å². The first kappa shape index (κ1) is 21.0. The van der Waals surface area contributed by atoms with Gasteiger partial charge in [-0.3, -0.25) is 4.90 Å². The molecule has 4 atom stereocenters. The molecule has 3 aromatic rings. The van der Waals surface area contributed by atoms with E-state index in [1.807, 2.05) is 7.05 Å². The Kier molecular flexibility index (Phi) is 6.15. The van der Waals surface area contributed by atoms with E-state index >= 15 is 0 Å². The van der Waals surface area contributed by atoms with E-state index in [-0.39, 0.29) is 0 Å². The summed E-state index contributed by atoms with van der Waals surface area (Å²) >= 11 is 0. The van der Waals surface area contributed by atoms with Gasteiger partial charge >= 0.3 is 0 Å². The minimum absolute atomic E-state index is 0.353. The zero-order valence-corrected chi connectivity index (χ0v) is 19.0. The monoisotopic (exact) mass is 427 g/mol. The number of ether oxygens (including phenoxy) is 1. The SMILES string of the molecule is CNc1ccc(OC)c(CNC2C3CCN(C3)C2C(c2ccccc2)c2ccccc2)c1. The molecule has 2 N–H and O–H groups in total. The molecule has 2 aliphatic rings. The summed E-state index contributed by atoms with van der Waals surface area (Å²) in [6, 6.07) is 29.3. The standard InChI is InChI=1S/C28H33N3O/c1-29-24-13-14-25(32-2)23(17-24)18-30-27-22-15-16-31(19-22)28(27)26(20-9-5-3-6-10-20)21-11-7-4-8-12-21/h3-14,17,22,26-30H,15-16,18-19H2,1-2H3. The van der Waals surface area contributed by atoms with Crippen LogP contribution in [0.3, 0.4) is 0 Å². The Hall–Kier alpha value is -2.82. The molecule has 3 aromatic carbocycles. The van der Waals surface area contributed by atoms with Crippen LogP contribution in [0.4, 0.5) is 5.69 Å². The zero-order valence-electron chi connectivity index (χ0n) is 19.0. The van der Waals surface area contributed by atoms with E-state index in [0.717, 1.165) is 18.0 Å². The molecule has 166 valence electrons. The first-order valence-corrected chi connectivity index (χ1v) is 11.7. The minimum Gasteiger partial charge on any atom is -0.496 e. The lowest BCUT2D eigenvalue weighted by Gasteiger charge is -2.39. The van der Waals surface area contributed by atoms with Crippen molar-refractivity contribution in [2.24, 2.45) is 5.92 Å². The second kappa shape index (κ2) is 9.35. The smallest absolute Gasteiger partial charge is 0.123 e. The van der Waals surface area contributed by atoms with E-state index < -0.39 is 0 Å². The molecular weight excluding hydrogens is 394 g/mol. The maximum atomic E-state index is 5.66. The molecule has 2 aliphatic heterocycles. The van der Waals surface area contributed by atoms with Crippen LogP contribution < -0.4 is 15.4 Å². The molecular formula is C28H33N3O. The van der Waals surface area contributed by atoms with Gasteiger partial charge in [0.2, 0.25) is 0 Å². The van der Waals surface area contributed by atoms with Crippen molar-refractivity contribution in [3.05, 3.63) is 95.6 Å². The third-order valence-electron chi connectivity index (χ3n) is 7.31. The molecule has 0 aromatic heterocycles. The number of hydrogen-bond acceptors (Lipinski definition) is 4. The number of nitrogens with one attached hydrogen (secondary N) is 2. The Morgan fingerprint density at radius 1 is 0.969 bits per heavy atom. The van der Waals surface area contributed by atoms with Gasteiger partial charge in [0.1, 0.15) is 5.75 Å². The average Bonchev–Trinajstić information content (AvgIpc) is 3.46. The molecule has 2 bridgehead atoms. The molecule has 4 heteroatoms. The van der Waals surface area contributed by atoms with Gasteiger partial charge in [-0.1, -0.05) is 60.7 Å². The maximum absolute atomic E-state index is 5.66. The van der Waals surface area contributed by atoms with Gasteiger partial charge in [-0.2, -0.15) is 0 Å². The third-order valence-corrected chi connectivity index (χ3v) is 7.31. The van der Waals surface area contributed by atoms with Crippen molar-refractivity contribution in [2.75, 3.05) is 32.6 Å². The number of piperidine rings is 1. The summed E-state index contributed by atoms with van der Waals surface area (Å²) in [5.41, 5.74) is 5.12. The van der Waals surface area contributed by atoms with Gasteiger partial charge in [-0.05, 0) is 48.2 Å². The number of nitrogens with zero attached hydrogens (tertiary/aromatic N) is 1. The van der Waals surface area contributed by atoms with E-state index in [0.29, 0.717) is 23.9 Å². The quantitative estimate of drug-likeness (QED) is 0.545. The van der Waals surface area contributed by atoms with E-state index in [1.165, 1.54) is 36.2 Å². The fourth-order valence-electron chi connectivity index (χ4n) is 5.80. The number of benzene rings is 3. The van der Waals surface area contributed by atoms with Crippen molar-refractivity contribution in [1.29, 1.82) is 0 Å². The van der Waals surface area contributed by atoms with Crippen LogP contribution in [0.1, 0.15) is 29.0 Å². The van der Waals surface area contributed by atoms with Crippen molar-refractivity contribution in [2.45, 2.75) is 31.0 Å². The predicted octanol–water partition coefficient (Wildman–Crippen LogP) is 4.73. The first-order chi connectivity index (χ1) is 15.8. The van der Waals surface area contributed by atoms with Crippen LogP contribution >= 0.6 is 0 Å². The minimum atomic E-state index is 0.353. The van der Waals surface area contributed by atoms with Crippen molar-refractivity contribution in [3.63, 3.8) is 0 Å². The lowest BCUT2D eigenvalue weighted by Crippen LogP contribution is -2.50. The van der Waals surface area contributed by atoms with Crippen LogP contribution in [0.15, 0.2) is 78.9 Å². The number of rotatable bonds is 8. The average molecular weight is 428 g/mol. The van der Waals surface area contributed by atoms with Crippen molar-refractivity contribution in [3.8, 4) is 5.75 Å².